The molecule has 1 amide bonds. The highest BCUT2D eigenvalue weighted by molar-refractivity contribution is 5.82. The van der Waals surface area contributed by atoms with E-state index >= 15 is 0 Å². The smallest absolute Gasteiger partial charge is 0.322 e. The second-order valence-electron chi connectivity index (χ2n) is 3.46. The van der Waals surface area contributed by atoms with Gasteiger partial charge < -0.3 is 15.3 Å². The summed E-state index contributed by atoms with van der Waals surface area (Å²) in [6.07, 6.45) is 1.17. The predicted octanol–water partition coefficient (Wildman–Crippen LogP) is -0.966. The number of hydrogen-bond donors (Lipinski definition) is 2. The number of amides is 1. The van der Waals surface area contributed by atoms with Crippen LogP contribution in [0.3, 0.4) is 0 Å². The lowest BCUT2D eigenvalue weighted by Gasteiger charge is -2.35. The van der Waals surface area contributed by atoms with Gasteiger partial charge in [0.15, 0.2) is 0 Å². The number of rotatable bonds is 1. The molecular weight excluding hydrogens is 172 g/mol. The monoisotopic (exact) mass is 184 g/mol. The van der Waals surface area contributed by atoms with E-state index in [-0.39, 0.29) is 11.9 Å². The van der Waals surface area contributed by atoms with E-state index in [1.54, 1.807) is 4.90 Å². The van der Waals surface area contributed by atoms with Crippen LogP contribution in [0.4, 0.5) is 0 Å². The van der Waals surface area contributed by atoms with Gasteiger partial charge in [-0.05, 0) is 6.42 Å². The first-order valence-corrected chi connectivity index (χ1v) is 4.46. The zero-order valence-electron chi connectivity index (χ0n) is 7.19. The van der Waals surface area contributed by atoms with Gasteiger partial charge in [0.25, 0.3) is 0 Å². The van der Waals surface area contributed by atoms with Crippen LogP contribution >= 0.6 is 0 Å². The third-order valence-electron chi connectivity index (χ3n) is 2.74. The minimum absolute atomic E-state index is 0.0951. The Balaban J connectivity index is 2.16. The highest BCUT2D eigenvalue weighted by atomic mass is 16.4. The molecule has 0 saturated carbocycles. The Kier molecular flexibility index (Phi) is 1.95. The summed E-state index contributed by atoms with van der Waals surface area (Å²) in [6, 6.07) is -0.695. The molecule has 2 aliphatic rings. The zero-order chi connectivity index (χ0) is 9.42. The lowest BCUT2D eigenvalue weighted by atomic mass is 10.0. The molecular formula is C8H12N2O3. The second kappa shape index (κ2) is 2.99. The summed E-state index contributed by atoms with van der Waals surface area (Å²) in [5.41, 5.74) is 0. The molecule has 72 valence electrons. The predicted molar refractivity (Wildman–Crippen MR) is 44.2 cm³/mol. The average molecular weight is 184 g/mol. The summed E-state index contributed by atoms with van der Waals surface area (Å²) in [5, 5.41) is 11.8. The van der Waals surface area contributed by atoms with Crippen molar-refractivity contribution in [3.8, 4) is 0 Å². The van der Waals surface area contributed by atoms with Crippen molar-refractivity contribution in [3.63, 3.8) is 0 Å². The second-order valence-corrected chi connectivity index (χ2v) is 3.46. The fraction of sp³-hybridized carbons (Fsp3) is 0.750. The molecule has 2 atom stereocenters. The molecule has 0 bridgehead atoms. The maximum Gasteiger partial charge on any atom is 0.322 e. The number of carbonyl (C=O) groups is 2. The Morgan fingerprint density at radius 1 is 1.62 bits per heavy atom. The van der Waals surface area contributed by atoms with Gasteiger partial charge in [0.05, 0.1) is 6.04 Å². The minimum atomic E-state index is -0.857. The number of piperazine rings is 1. The molecule has 0 aromatic heterocycles. The van der Waals surface area contributed by atoms with E-state index in [0.717, 1.165) is 0 Å². The summed E-state index contributed by atoms with van der Waals surface area (Å²) in [6.45, 7) is 1.23. The Bertz CT molecular complexity index is 254. The maximum absolute atomic E-state index is 11.3. The molecule has 0 aliphatic carbocycles. The molecule has 5 nitrogen and oxygen atoms in total. The van der Waals surface area contributed by atoms with E-state index in [1.165, 1.54) is 0 Å². The van der Waals surface area contributed by atoms with Crippen LogP contribution in [0.2, 0.25) is 0 Å². The number of hydrogen-bond acceptors (Lipinski definition) is 3. The summed E-state index contributed by atoms with van der Waals surface area (Å²) < 4.78 is 0. The molecule has 13 heavy (non-hydrogen) atoms. The number of carboxylic acid groups (broad SMARTS) is 1. The highest BCUT2D eigenvalue weighted by Gasteiger charge is 2.41. The molecule has 2 heterocycles. The molecule has 2 saturated heterocycles. The zero-order valence-corrected chi connectivity index (χ0v) is 7.19. The minimum Gasteiger partial charge on any atom is -0.480 e. The van der Waals surface area contributed by atoms with Crippen LogP contribution in [0.15, 0.2) is 0 Å². The fourth-order valence-corrected chi connectivity index (χ4v) is 2.12. The highest BCUT2D eigenvalue weighted by Crippen LogP contribution is 2.23. The van der Waals surface area contributed by atoms with Crippen LogP contribution in [-0.4, -0.2) is 47.1 Å². The van der Waals surface area contributed by atoms with Crippen molar-refractivity contribution < 1.29 is 14.7 Å². The number of nitrogens with zero attached hydrogens (tertiary/aromatic N) is 1. The molecule has 0 aromatic carbocycles. The molecule has 0 spiro atoms. The lowest BCUT2D eigenvalue weighted by molar-refractivity contribution is -0.143. The molecule has 0 aromatic rings. The number of aliphatic carboxylic acids is 1. The number of nitrogens with one attached hydrogen (secondary N) is 1. The standard InChI is InChI=1S/C8H12N2O3/c11-6-2-1-5-7(8(12)13)9-3-4-10(5)6/h5,7,9H,1-4H2,(H,12,13)/t5-,7?/m0/s1. The largest absolute Gasteiger partial charge is 0.480 e. The van der Waals surface area contributed by atoms with Gasteiger partial charge in [-0.1, -0.05) is 0 Å². The van der Waals surface area contributed by atoms with Gasteiger partial charge in [-0.15, -0.1) is 0 Å². The van der Waals surface area contributed by atoms with E-state index in [9.17, 15) is 9.59 Å². The number of carboxylic acids is 1. The van der Waals surface area contributed by atoms with Gasteiger partial charge in [0.1, 0.15) is 6.04 Å². The molecule has 5 heteroatoms. The van der Waals surface area contributed by atoms with Crippen molar-refractivity contribution in [2.75, 3.05) is 13.1 Å². The van der Waals surface area contributed by atoms with Crippen molar-refractivity contribution in [2.45, 2.75) is 24.9 Å². The van der Waals surface area contributed by atoms with Crippen molar-refractivity contribution in [1.29, 1.82) is 0 Å². The van der Waals surface area contributed by atoms with E-state index in [2.05, 4.69) is 5.32 Å². The molecule has 2 aliphatic heterocycles. The Morgan fingerprint density at radius 2 is 2.38 bits per heavy atom. The number of fused-ring (bicyclic) bond motifs is 1. The van der Waals surface area contributed by atoms with E-state index < -0.39 is 12.0 Å². The van der Waals surface area contributed by atoms with Crippen LogP contribution in [0, 0.1) is 0 Å². The van der Waals surface area contributed by atoms with Crippen LogP contribution in [0.25, 0.3) is 0 Å². The fourth-order valence-electron chi connectivity index (χ4n) is 2.12. The van der Waals surface area contributed by atoms with Gasteiger partial charge in [-0.2, -0.15) is 0 Å². The lowest BCUT2D eigenvalue weighted by Crippen LogP contribution is -2.59. The van der Waals surface area contributed by atoms with Crippen LogP contribution in [-0.2, 0) is 9.59 Å². The first kappa shape index (κ1) is 8.50. The maximum atomic E-state index is 11.3. The van der Waals surface area contributed by atoms with Crippen LogP contribution < -0.4 is 5.32 Å². The quantitative estimate of drug-likeness (QED) is 0.550. The third-order valence-corrected chi connectivity index (χ3v) is 2.74. The van der Waals surface area contributed by atoms with Crippen molar-refractivity contribution in [3.05, 3.63) is 0 Å². The molecule has 2 rings (SSSR count). The molecule has 1 unspecified atom stereocenters. The number of carbonyl (C=O) groups excluding carboxylic acids is 1. The normalized spacial score (nSPS) is 33.2. The van der Waals surface area contributed by atoms with Gasteiger partial charge >= 0.3 is 5.97 Å². The first-order valence-electron chi connectivity index (χ1n) is 4.46. The summed E-state index contributed by atoms with van der Waals surface area (Å²) in [4.78, 5) is 23.8. The van der Waals surface area contributed by atoms with E-state index in [4.69, 9.17) is 5.11 Å². The third kappa shape index (κ3) is 1.29. The summed E-state index contributed by atoms with van der Waals surface area (Å²) in [7, 11) is 0. The molecule has 2 fully saturated rings. The summed E-state index contributed by atoms with van der Waals surface area (Å²) >= 11 is 0. The molecule has 2 N–H and O–H groups in total. The first-order chi connectivity index (χ1) is 6.20. The molecule has 0 radical (unpaired) electrons. The SMILES string of the molecule is O=C(O)C1NCCN2C(=O)CC[C@@H]12. The Hall–Kier alpha value is -1.10. The van der Waals surface area contributed by atoms with Gasteiger partial charge in [-0.25, -0.2) is 0 Å². The van der Waals surface area contributed by atoms with Crippen molar-refractivity contribution in [2.24, 2.45) is 0 Å². The Labute approximate surface area is 75.7 Å². The van der Waals surface area contributed by atoms with Gasteiger partial charge in [0, 0.05) is 19.5 Å². The van der Waals surface area contributed by atoms with Crippen LogP contribution in [0.1, 0.15) is 12.8 Å². The van der Waals surface area contributed by atoms with Gasteiger partial charge in [-0.3, -0.25) is 9.59 Å². The van der Waals surface area contributed by atoms with Crippen molar-refractivity contribution in [1.82, 2.24) is 10.2 Å². The van der Waals surface area contributed by atoms with E-state index in [0.29, 0.717) is 25.9 Å². The van der Waals surface area contributed by atoms with Crippen molar-refractivity contribution >= 4 is 11.9 Å². The topological polar surface area (TPSA) is 69.6 Å². The summed E-state index contributed by atoms with van der Waals surface area (Å²) in [5.74, 6) is -0.762. The Morgan fingerprint density at radius 3 is 3.08 bits per heavy atom. The van der Waals surface area contributed by atoms with E-state index in [1.807, 2.05) is 0 Å². The van der Waals surface area contributed by atoms with Gasteiger partial charge in [0.2, 0.25) is 5.91 Å². The van der Waals surface area contributed by atoms with Crippen LogP contribution in [0.5, 0.6) is 0 Å². The average Bonchev–Trinajstić information content (AvgIpc) is 2.48.